The lowest BCUT2D eigenvalue weighted by Crippen LogP contribution is -2.52. The summed E-state index contributed by atoms with van der Waals surface area (Å²) < 4.78 is 6.84. The summed E-state index contributed by atoms with van der Waals surface area (Å²) in [6.07, 6.45) is 11.5. The van der Waals surface area contributed by atoms with Crippen LogP contribution in [0, 0.1) is 22.7 Å². The van der Waals surface area contributed by atoms with Gasteiger partial charge in [0.2, 0.25) is 0 Å². The number of benzene rings is 1. The van der Waals surface area contributed by atoms with Crippen molar-refractivity contribution in [1.29, 1.82) is 0 Å². The van der Waals surface area contributed by atoms with Crippen LogP contribution in [0.5, 0.6) is 0 Å². The van der Waals surface area contributed by atoms with Crippen molar-refractivity contribution in [2.75, 3.05) is 0 Å². The van der Waals surface area contributed by atoms with Crippen molar-refractivity contribution in [2.45, 2.75) is 56.9 Å². The topological polar surface area (TPSA) is 30.2 Å². The third-order valence-corrected chi connectivity index (χ3v) is 8.47. The maximum Gasteiger partial charge on any atom is 0.171 e. The van der Waals surface area contributed by atoms with Crippen LogP contribution in [0.4, 0.5) is 0 Å². The first-order chi connectivity index (χ1) is 14.2. The Morgan fingerprint density at radius 2 is 2.00 bits per heavy atom. The summed E-state index contributed by atoms with van der Waals surface area (Å²) >= 11 is 5.16. The molecule has 1 heterocycles. The predicted molar refractivity (Wildman–Crippen MR) is 127 cm³/mol. The van der Waals surface area contributed by atoms with Crippen LogP contribution in [0.3, 0.4) is 0 Å². The quantitative estimate of drug-likeness (QED) is 0.437. The summed E-state index contributed by atoms with van der Waals surface area (Å²) in [5.41, 5.74) is 2.28. The largest absolute Gasteiger partial charge is 0.457 e. The van der Waals surface area contributed by atoms with Crippen LogP contribution >= 0.6 is 27.7 Å². The fourth-order valence-electron chi connectivity index (χ4n) is 5.79. The lowest BCUT2D eigenvalue weighted by molar-refractivity contribution is -0.134. The standard InChI is InChI=1S/C26H29BrO2S/c1-17-15-22(28)23-25(2,3)12-6-13-26(23,4)21(17)10-9-18-11-14-29-24(18)30-20-8-5-7-19(27)16-20/h5,7-11,14-16,21,23H,6,12-13H2,1-4H3/b10-9+/t21-,23-,26+/m0/s1. The molecule has 1 saturated carbocycles. The fourth-order valence-corrected chi connectivity index (χ4v) is 7.24. The van der Waals surface area contributed by atoms with E-state index in [1.54, 1.807) is 18.0 Å². The number of ketones is 1. The maximum atomic E-state index is 13.0. The molecule has 0 saturated heterocycles. The Hall–Kier alpha value is -1.52. The summed E-state index contributed by atoms with van der Waals surface area (Å²) in [6.45, 7) is 8.98. The number of fused-ring (bicyclic) bond motifs is 1. The molecule has 0 radical (unpaired) electrons. The van der Waals surface area contributed by atoms with Crippen molar-refractivity contribution in [3.8, 4) is 0 Å². The number of halogens is 1. The molecular weight excluding hydrogens is 456 g/mol. The van der Waals surface area contributed by atoms with Crippen LogP contribution < -0.4 is 0 Å². The van der Waals surface area contributed by atoms with Gasteiger partial charge < -0.3 is 4.42 Å². The third-order valence-electron chi connectivity index (χ3n) is 6.97. The number of rotatable bonds is 4. The van der Waals surface area contributed by atoms with Crippen LogP contribution in [-0.4, -0.2) is 5.78 Å². The number of carbonyl (C=O) groups is 1. The molecule has 0 bridgehead atoms. The Bertz CT molecular complexity index is 1020. The Labute approximate surface area is 192 Å². The molecule has 0 unspecified atom stereocenters. The van der Waals surface area contributed by atoms with E-state index in [4.69, 9.17) is 4.42 Å². The zero-order valence-corrected chi connectivity index (χ0v) is 20.5. The van der Waals surface area contributed by atoms with Crippen LogP contribution in [0.2, 0.25) is 0 Å². The lowest BCUT2D eigenvalue weighted by atomic mass is 9.48. The van der Waals surface area contributed by atoms with Gasteiger partial charge in [-0.15, -0.1) is 0 Å². The zero-order chi connectivity index (χ0) is 21.5. The van der Waals surface area contributed by atoms with Crippen molar-refractivity contribution >= 4 is 39.6 Å². The Kier molecular flexibility index (Phi) is 5.93. The molecule has 2 aromatic rings. The zero-order valence-electron chi connectivity index (χ0n) is 18.1. The van der Waals surface area contributed by atoms with E-state index >= 15 is 0 Å². The maximum absolute atomic E-state index is 13.0. The van der Waals surface area contributed by atoms with Gasteiger partial charge in [0, 0.05) is 26.8 Å². The van der Waals surface area contributed by atoms with Crippen LogP contribution in [0.1, 0.15) is 52.5 Å². The summed E-state index contributed by atoms with van der Waals surface area (Å²) in [4.78, 5) is 14.1. The van der Waals surface area contributed by atoms with Gasteiger partial charge in [0.1, 0.15) is 0 Å². The van der Waals surface area contributed by atoms with Gasteiger partial charge in [0.25, 0.3) is 0 Å². The van der Waals surface area contributed by atoms with Crippen molar-refractivity contribution in [2.24, 2.45) is 22.7 Å². The van der Waals surface area contributed by atoms with Crippen molar-refractivity contribution in [3.05, 3.63) is 64.4 Å². The highest BCUT2D eigenvalue weighted by molar-refractivity contribution is 9.10. The normalized spacial score (nSPS) is 28.4. The average molecular weight is 485 g/mol. The number of allylic oxidation sites excluding steroid dienone is 3. The highest BCUT2D eigenvalue weighted by atomic mass is 79.9. The van der Waals surface area contributed by atoms with Gasteiger partial charge in [0.05, 0.1) is 6.26 Å². The molecule has 2 aliphatic carbocycles. The highest BCUT2D eigenvalue weighted by Crippen LogP contribution is 2.59. The molecule has 4 heteroatoms. The minimum atomic E-state index is -0.0322. The minimum absolute atomic E-state index is 0.0322. The van der Waals surface area contributed by atoms with E-state index in [-0.39, 0.29) is 22.7 Å². The summed E-state index contributed by atoms with van der Waals surface area (Å²) in [5.74, 6) is 0.661. The molecule has 1 aromatic heterocycles. The Morgan fingerprint density at radius 1 is 1.20 bits per heavy atom. The third kappa shape index (κ3) is 4.01. The van der Waals surface area contributed by atoms with Gasteiger partial charge in [-0.1, -0.05) is 78.7 Å². The van der Waals surface area contributed by atoms with E-state index in [0.29, 0.717) is 5.78 Å². The number of furan rings is 1. The van der Waals surface area contributed by atoms with Crippen molar-refractivity contribution in [1.82, 2.24) is 0 Å². The van der Waals surface area contributed by atoms with Crippen LogP contribution in [0.15, 0.2) is 73.2 Å². The van der Waals surface area contributed by atoms with Gasteiger partial charge in [-0.05, 0) is 60.9 Å². The molecule has 0 spiro atoms. The van der Waals surface area contributed by atoms with Gasteiger partial charge in [-0.25, -0.2) is 0 Å². The van der Waals surface area contributed by atoms with E-state index in [2.05, 4.69) is 67.9 Å². The van der Waals surface area contributed by atoms with E-state index in [0.717, 1.165) is 32.9 Å². The molecule has 2 nitrogen and oxygen atoms in total. The Morgan fingerprint density at radius 3 is 2.77 bits per heavy atom. The van der Waals surface area contributed by atoms with Gasteiger partial charge in [-0.2, -0.15) is 0 Å². The molecule has 3 atom stereocenters. The second kappa shape index (κ2) is 8.20. The molecule has 0 aliphatic heterocycles. The molecule has 4 rings (SSSR count). The number of hydrogen-bond donors (Lipinski definition) is 0. The monoisotopic (exact) mass is 484 g/mol. The molecule has 1 fully saturated rings. The van der Waals surface area contributed by atoms with Crippen molar-refractivity contribution < 1.29 is 9.21 Å². The van der Waals surface area contributed by atoms with E-state index < -0.39 is 0 Å². The van der Waals surface area contributed by atoms with Gasteiger partial charge in [0.15, 0.2) is 10.9 Å². The van der Waals surface area contributed by atoms with Gasteiger partial charge in [-0.3, -0.25) is 4.79 Å². The first-order valence-corrected chi connectivity index (χ1v) is 12.2. The van der Waals surface area contributed by atoms with Crippen LogP contribution in [-0.2, 0) is 4.79 Å². The summed E-state index contributed by atoms with van der Waals surface area (Å²) in [5, 5.41) is 0.892. The second-order valence-corrected chi connectivity index (χ2v) is 11.6. The SMILES string of the molecule is CC1=CC(=O)[C@H]2C(C)(C)CCC[C@]2(C)[C@H]1/C=C/c1ccoc1Sc1cccc(Br)c1. The van der Waals surface area contributed by atoms with E-state index in [1.165, 1.54) is 12.0 Å². The number of carbonyl (C=O) groups excluding carboxylic acids is 1. The molecule has 0 amide bonds. The predicted octanol–water partition coefficient (Wildman–Crippen LogP) is 8.18. The van der Waals surface area contributed by atoms with Crippen molar-refractivity contribution in [3.63, 3.8) is 0 Å². The second-order valence-electron chi connectivity index (χ2n) is 9.63. The molecule has 0 N–H and O–H groups in total. The minimum Gasteiger partial charge on any atom is -0.457 e. The summed E-state index contributed by atoms with van der Waals surface area (Å²) in [6, 6.07) is 10.3. The first kappa shape index (κ1) is 21.7. The molecule has 158 valence electrons. The molecular formula is C26H29BrO2S. The van der Waals surface area contributed by atoms with E-state index in [1.807, 2.05) is 24.3 Å². The lowest BCUT2D eigenvalue weighted by Gasteiger charge is -2.55. The molecule has 1 aromatic carbocycles. The fraction of sp³-hybridized carbons (Fsp3) is 0.423. The number of hydrogen-bond acceptors (Lipinski definition) is 3. The molecule has 30 heavy (non-hydrogen) atoms. The average Bonchev–Trinajstić information content (AvgIpc) is 3.07. The Balaban J connectivity index is 1.63. The van der Waals surface area contributed by atoms with Crippen LogP contribution in [0.25, 0.3) is 6.08 Å². The van der Waals surface area contributed by atoms with Gasteiger partial charge >= 0.3 is 0 Å². The highest BCUT2D eigenvalue weighted by Gasteiger charge is 2.54. The molecule has 2 aliphatic rings. The first-order valence-electron chi connectivity index (χ1n) is 10.6. The summed E-state index contributed by atoms with van der Waals surface area (Å²) in [7, 11) is 0. The smallest absolute Gasteiger partial charge is 0.171 e. The van der Waals surface area contributed by atoms with E-state index in [9.17, 15) is 4.79 Å².